The van der Waals surface area contributed by atoms with E-state index in [1.165, 1.54) is 0 Å². The lowest BCUT2D eigenvalue weighted by molar-refractivity contribution is -0.597. The first-order valence-corrected chi connectivity index (χ1v) is 10.8. The second-order valence-electron chi connectivity index (χ2n) is 7.04. The fraction of sp³-hybridized carbons (Fsp3) is 0.333. The SMILES string of the molecule is CC(=CCCP(=O)(O)O)Cn1cnc2c(-[n+]3ccc(N(C)C)cc3)nc(N)nc21. The first-order valence-electron chi connectivity index (χ1n) is 9.01. The van der Waals surface area contributed by atoms with Crippen LogP contribution in [0.1, 0.15) is 13.3 Å². The largest absolute Gasteiger partial charge is 0.377 e. The number of aromatic nitrogens is 5. The summed E-state index contributed by atoms with van der Waals surface area (Å²) < 4.78 is 14.7. The Morgan fingerprint density at radius 2 is 2.00 bits per heavy atom. The number of anilines is 2. The van der Waals surface area contributed by atoms with E-state index >= 15 is 0 Å². The van der Waals surface area contributed by atoms with E-state index in [9.17, 15) is 4.57 Å². The summed E-state index contributed by atoms with van der Waals surface area (Å²) in [7, 11) is -0.0549. The molecule has 0 saturated carbocycles. The molecule has 0 spiro atoms. The number of nitrogens with two attached hydrogens (primary N) is 1. The van der Waals surface area contributed by atoms with Crippen LogP contribution in [0.5, 0.6) is 0 Å². The number of imidazole rings is 1. The number of nitrogens with zero attached hydrogens (tertiary/aromatic N) is 6. The molecule has 0 atom stereocenters. The maximum Gasteiger partial charge on any atom is 0.361 e. The van der Waals surface area contributed by atoms with E-state index in [1.54, 1.807) is 6.33 Å². The third kappa shape index (κ3) is 5.17. The molecule has 3 rings (SSSR count). The van der Waals surface area contributed by atoms with E-state index in [0.717, 1.165) is 11.3 Å². The van der Waals surface area contributed by atoms with Crippen molar-refractivity contribution in [3.05, 3.63) is 42.5 Å². The van der Waals surface area contributed by atoms with Crippen LogP contribution in [-0.4, -0.2) is 49.6 Å². The maximum atomic E-state index is 11.0. The van der Waals surface area contributed by atoms with Gasteiger partial charge in [-0.3, -0.25) is 4.57 Å². The summed E-state index contributed by atoms with van der Waals surface area (Å²) in [6, 6.07) is 3.93. The van der Waals surface area contributed by atoms with Crippen LogP contribution < -0.4 is 15.2 Å². The Balaban J connectivity index is 1.91. The lowest BCUT2D eigenvalue weighted by atomic mass is 10.2. The second-order valence-corrected chi connectivity index (χ2v) is 8.81. The van der Waals surface area contributed by atoms with Gasteiger partial charge in [0.1, 0.15) is 0 Å². The first kappa shape index (κ1) is 20.9. The normalized spacial score (nSPS) is 12.5. The Hall–Kier alpha value is -2.81. The summed E-state index contributed by atoms with van der Waals surface area (Å²) >= 11 is 0. The van der Waals surface area contributed by atoms with Crippen LogP contribution in [0.4, 0.5) is 11.6 Å². The molecule has 0 saturated heterocycles. The summed E-state index contributed by atoms with van der Waals surface area (Å²) in [4.78, 5) is 33.1. The van der Waals surface area contributed by atoms with Gasteiger partial charge in [-0.2, -0.15) is 4.98 Å². The van der Waals surface area contributed by atoms with Crippen LogP contribution in [0.2, 0.25) is 0 Å². The predicted octanol–water partition coefficient (Wildman–Crippen LogP) is 1.27. The summed E-state index contributed by atoms with van der Waals surface area (Å²) in [6.45, 7) is 2.38. The minimum atomic E-state index is -4.00. The number of hydrogen-bond donors (Lipinski definition) is 3. The standard InChI is InChI=1S/C18H24N7O3P/c1-13(5-4-10-29(26,27)28)11-25-12-20-15-16(21-18(19)22-17(15)25)24-8-6-14(7-9-24)23(2)3/h5-9,12H,4,10-11H2,1-3H3,(H3-,19,21,22,26,27,28)/p+1. The second kappa shape index (κ2) is 8.28. The van der Waals surface area contributed by atoms with Gasteiger partial charge in [0.25, 0.3) is 0 Å². The quantitative estimate of drug-likeness (QED) is 0.297. The van der Waals surface area contributed by atoms with Crippen LogP contribution >= 0.6 is 7.60 Å². The predicted molar refractivity (Wildman–Crippen MR) is 111 cm³/mol. The first-order chi connectivity index (χ1) is 13.6. The molecule has 11 heteroatoms. The zero-order valence-electron chi connectivity index (χ0n) is 16.6. The number of nitrogen functional groups attached to an aromatic ring is 1. The van der Waals surface area contributed by atoms with Gasteiger partial charge in [-0.1, -0.05) is 11.6 Å². The van der Waals surface area contributed by atoms with Crippen molar-refractivity contribution in [3.8, 4) is 5.82 Å². The molecule has 0 aliphatic carbocycles. The van der Waals surface area contributed by atoms with Crippen LogP contribution in [0.3, 0.4) is 0 Å². The highest BCUT2D eigenvalue weighted by Gasteiger charge is 2.21. The highest BCUT2D eigenvalue weighted by molar-refractivity contribution is 7.51. The molecule has 0 radical (unpaired) electrons. The number of rotatable bonds is 7. The number of hydrogen-bond acceptors (Lipinski definition) is 6. The molecule has 3 heterocycles. The van der Waals surface area contributed by atoms with E-state index in [2.05, 4.69) is 15.0 Å². The molecule has 0 unspecified atom stereocenters. The number of pyridine rings is 1. The van der Waals surface area contributed by atoms with E-state index in [-0.39, 0.29) is 12.1 Å². The average molecular weight is 418 g/mol. The van der Waals surface area contributed by atoms with Crippen molar-refractivity contribution < 1.29 is 18.9 Å². The average Bonchev–Trinajstić information content (AvgIpc) is 3.02. The van der Waals surface area contributed by atoms with Gasteiger partial charge < -0.3 is 25.0 Å². The van der Waals surface area contributed by atoms with Gasteiger partial charge in [0.05, 0.1) is 24.9 Å². The molecule has 154 valence electrons. The molecule has 0 aromatic carbocycles. The van der Waals surface area contributed by atoms with Gasteiger partial charge in [0.2, 0.25) is 5.52 Å². The van der Waals surface area contributed by atoms with Crippen molar-refractivity contribution in [2.75, 3.05) is 30.9 Å². The van der Waals surface area contributed by atoms with Crippen LogP contribution in [0.15, 0.2) is 42.5 Å². The smallest absolute Gasteiger partial charge is 0.361 e. The van der Waals surface area contributed by atoms with Crippen LogP contribution in [0.25, 0.3) is 17.0 Å². The molecule has 0 bridgehead atoms. The lowest BCUT2D eigenvalue weighted by Crippen LogP contribution is -2.32. The molecular weight excluding hydrogens is 393 g/mol. The summed E-state index contributed by atoms with van der Waals surface area (Å²) in [6.07, 6.45) is 7.39. The van der Waals surface area contributed by atoms with Gasteiger partial charge in [-0.25, -0.2) is 9.55 Å². The summed E-state index contributed by atoms with van der Waals surface area (Å²) in [5, 5.41) is 0. The van der Waals surface area contributed by atoms with Crippen molar-refractivity contribution in [2.45, 2.75) is 19.9 Å². The Labute approximate surface area is 168 Å². The molecule has 4 N–H and O–H groups in total. The lowest BCUT2D eigenvalue weighted by Gasteiger charge is -2.11. The molecule has 0 amide bonds. The Morgan fingerprint density at radius 1 is 1.31 bits per heavy atom. The zero-order valence-corrected chi connectivity index (χ0v) is 17.5. The molecule has 0 fully saturated rings. The number of fused-ring (bicyclic) bond motifs is 1. The molecule has 0 aliphatic heterocycles. The Morgan fingerprint density at radius 3 is 2.62 bits per heavy atom. The van der Waals surface area contributed by atoms with Crippen molar-refractivity contribution in [1.29, 1.82) is 0 Å². The highest BCUT2D eigenvalue weighted by atomic mass is 31.2. The molecule has 3 aromatic rings. The zero-order chi connectivity index (χ0) is 21.2. The number of allylic oxidation sites excluding steroid dienone is 2. The van der Waals surface area contributed by atoms with Crippen molar-refractivity contribution in [3.63, 3.8) is 0 Å². The molecule has 0 aliphatic rings. The fourth-order valence-corrected chi connectivity index (χ4v) is 3.38. The minimum Gasteiger partial charge on any atom is -0.377 e. The van der Waals surface area contributed by atoms with Gasteiger partial charge in [-0.15, -0.1) is 0 Å². The van der Waals surface area contributed by atoms with Crippen LogP contribution in [0, 0.1) is 0 Å². The maximum absolute atomic E-state index is 11.0. The summed E-state index contributed by atoms with van der Waals surface area (Å²) in [5.74, 6) is 0.723. The van der Waals surface area contributed by atoms with E-state index in [1.807, 2.05) is 65.7 Å². The van der Waals surface area contributed by atoms with Crippen molar-refractivity contribution >= 4 is 30.4 Å². The highest BCUT2D eigenvalue weighted by Crippen LogP contribution is 2.35. The molecule has 29 heavy (non-hydrogen) atoms. The van der Waals surface area contributed by atoms with Crippen molar-refractivity contribution in [1.82, 2.24) is 19.5 Å². The molecule has 3 aromatic heterocycles. The third-order valence-corrected chi connectivity index (χ3v) is 5.21. The van der Waals surface area contributed by atoms with E-state index in [4.69, 9.17) is 15.5 Å². The summed E-state index contributed by atoms with van der Waals surface area (Å²) in [5.41, 5.74) is 9.15. The Bertz CT molecular complexity index is 1090. The molecule has 10 nitrogen and oxygen atoms in total. The topological polar surface area (TPSA) is 134 Å². The van der Waals surface area contributed by atoms with E-state index in [0.29, 0.717) is 29.9 Å². The van der Waals surface area contributed by atoms with Gasteiger partial charge in [0, 0.05) is 43.4 Å². The van der Waals surface area contributed by atoms with Crippen molar-refractivity contribution in [2.24, 2.45) is 0 Å². The van der Waals surface area contributed by atoms with Gasteiger partial charge >= 0.3 is 19.4 Å². The van der Waals surface area contributed by atoms with Crippen LogP contribution in [-0.2, 0) is 11.1 Å². The van der Waals surface area contributed by atoms with Gasteiger partial charge in [-0.05, 0) is 13.3 Å². The van der Waals surface area contributed by atoms with Gasteiger partial charge in [0.15, 0.2) is 5.65 Å². The van der Waals surface area contributed by atoms with E-state index < -0.39 is 7.60 Å². The monoisotopic (exact) mass is 418 g/mol. The minimum absolute atomic E-state index is 0.140. The Kier molecular flexibility index (Phi) is 5.97. The fourth-order valence-electron chi connectivity index (χ4n) is 2.91. The molecular formula is C18H25N7O3P+. The third-order valence-electron chi connectivity index (χ3n) is 4.37.